The number of carbonyl (C=O) groups excluding carboxylic acids is 1. The summed E-state index contributed by atoms with van der Waals surface area (Å²) in [4.78, 5) is 20.7. The van der Waals surface area contributed by atoms with Crippen molar-refractivity contribution in [1.82, 2.24) is 25.0 Å². The van der Waals surface area contributed by atoms with Crippen LogP contribution < -0.4 is 26.8 Å². The van der Waals surface area contributed by atoms with Crippen molar-refractivity contribution in [2.45, 2.75) is 58.5 Å². The van der Waals surface area contributed by atoms with Gasteiger partial charge in [0.05, 0.1) is 36.4 Å². The third-order valence-corrected chi connectivity index (χ3v) is 5.36. The molecular weight excluding hydrogens is 453 g/mol. The Labute approximate surface area is 203 Å². The Morgan fingerprint density at radius 2 is 2.06 bits per heavy atom. The monoisotopic (exact) mass is 485 g/mol. The molecule has 3 aromatic rings. The molecule has 0 aromatic carbocycles. The maximum atomic E-state index is 14.9. The van der Waals surface area contributed by atoms with Gasteiger partial charge in [0.15, 0.2) is 11.6 Å². The van der Waals surface area contributed by atoms with Crippen molar-refractivity contribution in [3.8, 4) is 11.6 Å². The Morgan fingerprint density at radius 3 is 2.69 bits per heavy atom. The number of carbonyl (C=O) groups is 1. The van der Waals surface area contributed by atoms with Gasteiger partial charge in [0.1, 0.15) is 11.5 Å². The van der Waals surface area contributed by atoms with Crippen LogP contribution in [-0.4, -0.2) is 49.6 Å². The topological polar surface area (TPSA) is 159 Å². The van der Waals surface area contributed by atoms with Crippen molar-refractivity contribution in [3.05, 3.63) is 42.1 Å². The number of halogens is 1. The molecule has 3 rings (SSSR count). The Hall–Kier alpha value is -3.80. The van der Waals surface area contributed by atoms with E-state index in [9.17, 15) is 9.18 Å². The molecular formula is C23H32FN9O2. The molecule has 188 valence electrons. The molecule has 0 radical (unpaired) electrons. The van der Waals surface area contributed by atoms with Gasteiger partial charge < -0.3 is 26.8 Å². The second kappa shape index (κ2) is 12.1. The molecule has 0 saturated carbocycles. The summed E-state index contributed by atoms with van der Waals surface area (Å²) in [6.07, 6.45) is 8.49. The van der Waals surface area contributed by atoms with Gasteiger partial charge >= 0.3 is 0 Å². The molecule has 0 aliphatic carbocycles. The summed E-state index contributed by atoms with van der Waals surface area (Å²) >= 11 is 0. The second-order valence-electron chi connectivity index (χ2n) is 8.14. The maximum Gasteiger partial charge on any atom is 0.252 e. The van der Waals surface area contributed by atoms with Crippen LogP contribution in [0.1, 0.15) is 56.8 Å². The molecule has 6 N–H and O–H groups in total. The van der Waals surface area contributed by atoms with Crippen LogP contribution in [0, 0.1) is 5.82 Å². The molecule has 11 nitrogen and oxygen atoms in total. The van der Waals surface area contributed by atoms with Crippen molar-refractivity contribution in [2.75, 3.05) is 17.2 Å². The third kappa shape index (κ3) is 6.63. The van der Waals surface area contributed by atoms with E-state index in [1.807, 2.05) is 13.8 Å². The molecule has 0 unspecified atom stereocenters. The lowest BCUT2D eigenvalue weighted by Gasteiger charge is -2.24. The lowest BCUT2D eigenvalue weighted by Crippen LogP contribution is -2.38. The maximum absolute atomic E-state index is 14.9. The fraction of sp³-hybridized carbons (Fsp3) is 0.435. The molecule has 2 atom stereocenters. The van der Waals surface area contributed by atoms with Gasteiger partial charge in [0, 0.05) is 12.1 Å². The van der Waals surface area contributed by atoms with Crippen LogP contribution in [0.25, 0.3) is 5.69 Å². The normalized spacial score (nSPS) is 12.7. The number of aromatic nitrogens is 5. The van der Waals surface area contributed by atoms with E-state index >= 15 is 0 Å². The van der Waals surface area contributed by atoms with Gasteiger partial charge in [-0.25, -0.2) is 19.0 Å². The molecule has 0 bridgehead atoms. The Kier molecular flexibility index (Phi) is 8.90. The van der Waals surface area contributed by atoms with Gasteiger partial charge in [-0.2, -0.15) is 0 Å². The Bertz CT molecular complexity index is 1120. The molecule has 12 heteroatoms. The predicted molar refractivity (Wildman–Crippen MR) is 132 cm³/mol. The van der Waals surface area contributed by atoms with E-state index in [4.69, 9.17) is 16.2 Å². The number of unbranched alkanes of at least 4 members (excludes halogenated alkanes) is 2. The van der Waals surface area contributed by atoms with Crippen LogP contribution in [-0.2, 0) is 0 Å². The van der Waals surface area contributed by atoms with Crippen LogP contribution in [0.5, 0.6) is 5.88 Å². The number of primary amides is 1. The van der Waals surface area contributed by atoms with Crippen LogP contribution >= 0.6 is 0 Å². The van der Waals surface area contributed by atoms with Crippen LogP contribution in [0.4, 0.5) is 21.7 Å². The molecule has 1 amide bonds. The first-order valence-corrected chi connectivity index (χ1v) is 11.6. The highest BCUT2D eigenvalue weighted by Crippen LogP contribution is 2.28. The third-order valence-electron chi connectivity index (χ3n) is 5.36. The minimum Gasteiger partial charge on any atom is -0.476 e. The van der Waals surface area contributed by atoms with Crippen molar-refractivity contribution in [1.29, 1.82) is 0 Å². The standard InChI is InChI=1S/C23H32FN9O2/c1-4-6-7-8-18(14(3)25)30-22-17(24)12-16(20(26)34)21(31-22)29-15-11-19(33-10-9-28-32-33)23(27-13-15)35-5-2/h9-14,18H,4-8,25H2,1-3H3,(H2,26,34)(H2,29,30,31)/t14-,18+/m0/s1. The zero-order valence-corrected chi connectivity index (χ0v) is 20.2. The SMILES string of the molecule is CCCCC[C@@H](Nc1nc(Nc2cnc(OCC)c(-n3ccnn3)c2)c(C(N)=O)cc1F)[C@H](C)N. The first kappa shape index (κ1) is 25.8. The largest absolute Gasteiger partial charge is 0.476 e. The minimum absolute atomic E-state index is 0.0216. The molecule has 35 heavy (non-hydrogen) atoms. The molecule has 0 spiro atoms. The minimum atomic E-state index is -0.826. The molecule has 3 aromatic heterocycles. The molecule has 0 saturated heterocycles. The number of hydrogen-bond acceptors (Lipinski definition) is 9. The molecule has 0 aliphatic rings. The summed E-state index contributed by atoms with van der Waals surface area (Å²) in [6.45, 7) is 6.21. The number of rotatable bonds is 13. The fourth-order valence-corrected chi connectivity index (χ4v) is 3.52. The summed E-state index contributed by atoms with van der Waals surface area (Å²) in [6, 6.07) is 2.33. The van der Waals surface area contributed by atoms with Gasteiger partial charge in [-0.15, -0.1) is 5.10 Å². The van der Waals surface area contributed by atoms with Gasteiger partial charge in [-0.1, -0.05) is 31.4 Å². The van der Waals surface area contributed by atoms with Crippen LogP contribution in [0.15, 0.2) is 30.7 Å². The highest BCUT2D eigenvalue weighted by atomic mass is 19.1. The number of hydrogen-bond donors (Lipinski definition) is 4. The highest BCUT2D eigenvalue weighted by molar-refractivity contribution is 5.98. The smallest absolute Gasteiger partial charge is 0.252 e. The summed E-state index contributed by atoms with van der Waals surface area (Å²) in [5, 5.41) is 13.9. The number of amides is 1. The van der Waals surface area contributed by atoms with Crippen LogP contribution in [0.3, 0.4) is 0 Å². The lowest BCUT2D eigenvalue weighted by atomic mass is 10.0. The van der Waals surface area contributed by atoms with E-state index in [0.29, 0.717) is 23.9 Å². The summed E-state index contributed by atoms with van der Waals surface area (Å²) < 4.78 is 22.0. The van der Waals surface area contributed by atoms with Gasteiger partial charge in [0.25, 0.3) is 5.91 Å². The van der Waals surface area contributed by atoms with Gasteiger partial charge in [-0.05, 0) is 32.4 Å². The fourth-order valence-electron chi connectivity index (χ4n) is 3.52. The zero-order chi connectivity index (χ0) is 25.4. The average Bonchev–Trinajstić information content (AvgIpc) is 3.36. The Balaban J connectivity index is 1.95. The van der Waals surface area contributed by atoms with Gasteiger partial charge in [-0.3, -0.25) is 4.79 Å². The molecule has 0 fully saturated rings. The molecule has 0 aliphatic heterocycles. The van der Waals surface area contributed by atoms with Crippen molar-refractivity contribution in [3.63, 3.8) is 0 Å². The first-order valence-electron chi connectivity index (χ1n) is 11.6. The number of anilines is 3. The van der Waals surface area contributed by atoms with Crippen molar-refractivity contribution in [2.24, 2.45) is 11.5 Å². The Morgan fingerprint density at radius 1 is 1.26 bits per heavy atom. The lowest BCUT2D eigenvalue weighted by molar-refractivity contribution is 0.100. The van der Waals surface area contributed by atoms with Crippen molar-refractivity contribution < 1.29 is 13.9 Å². The van der Waals surface area contributed by atoms with E-state index in [1.165, 1.54) is 17.1 Å². The van der Waals surface area contributed by atoms with Crippen molar-refractivity contribution >= 4 is 23.2 Å². The molecule has 3 heterocycles. The number of nitrogens with one attached hydrogen (secondary N) is 2. The second-order valence-corrected chi connectivity index (χ2v) is 8.14. The highest BCUT2D eigenvalue weighted by Gasteiger charge is 2.21. The summed E-state index contributed by atoms with van der Waals surface area (Å²) in [5.41, 5.74) is 12.5. The quantitative estimate of drug-likeness (QED) is 0.267. The van der Waals surface area contributed by atoms with Crippen LogP contribution in [0.2, 0.25) is 0 Å². The summed E-state index contributed by atoms with van der Waals surface area (Å²) in [5.74, 6) is -1.12. The van der Waals surface area contributed by atoms with E-state index in [2.05, 4.69) is 37.8 Å². The van der Waals surface area contributed by atoms with E-state index in [0.717, 1.165) is 31.7 Å². The van der Waals surface area contributed by atoms with E-state index < -0.39 is 11.7 Å². The van der Waals surface area contributed by atoms with E-state index in [-0.39, 0.29) is 29.3 Å². The predicted octanol–water partition coefficient (Wildman–Crippen LogP) is 3.15. The number of nitrogens with zero attached hydrogens (tertiary/aromatic N) is 5. The number of nitrogens with two attached hydrogens (primary N) is 2. The number of pyridine rings is 2. The number of ether oxygens (including phenoxy) is 1. The van der Waals surface area contributed by atoms with Gasteiger partial charge in [0.2, 0.25) is 5.88 Å². The average molecular weight is 486 g/mol. The zero-order valence-electron chi connectivity index (χ0n) is 20.2. The first-order chi connectivity index (χ1) is 16.8. The summed E-state index contributed by atoms with van der Waals surface area (Å²) in [7, 11) is 0. The van der Waals surface area contributed by atoms with E-state index in [1.54, 1.807) is 12.3 Å².